The summed E-state index contributed by atoms with van der Waals surface area (Å²) in [6.07, 6.45) is 6.08. The van der Waals surface area contributed by atoms with E-state index in [0.29, 0.717) is 35.8 Å². The summed E-state index contributed by atoms with van der Waals surface area (Å²) in [5.41, 5.74) is 4.22. The molecule has 7 nitrogen and oxygen atoms in total. The molecule has 1 aliphatic heterocycles. The predicted octanol–water partition coefficient (Wildman–Crippen LogP) is 3.68. The van der Waals surface area contributed by atoms with Crippen LogP contribution in [0.25, 0.3) is 10.9 Å². The van der Waals surface area contributed by atoms with Gasteiger partial charge in [0.05, 0.1) is 19.8 Å². The van der Waals surface area contributed by atoms with Crippen molar-refractivity contribution in [1.29, 1.82) is 0 Å². The van der Waals surface area contributed by atoms with Crippen molar-refractivity contribution >= 4 is 22.8 Å². The van der Waals surface area contributed by atoms with Gasteiger partial charge in [-0.3, -0.25) is 4.79 Å². The fourth-order valence-electron chi connectivity index (χ4n) is 4.76. The largest absolute Gasteiger partial charge is 0.496 e. The van der Waals surface area contributed by atoms with Crippen LogP contribution < -0.4 is 15.4 Å². The van der Waals surface area contributed by atoms with E-state index in [9.17, 15) is 9.59 Å². The summed E-state index contributed by atoms with van der Waals surface area (Å²) >= 11 is 0. The first kappa shape index (κ1) is 23.8. The van der Waals surface area contributed by atoms with Gasteiger partial charge in [-0.1, -0.05) is 6.07 Å². The molecule has 2 N–H and O–H groups in total. The number of aromatic nitrogens is 1. The van der Waals surface area contributed by atoms with Crippen LogP contribution in [0, 0.1) is 5.92 Å². The second-order valence-corrected chi connectivity index (χ2v) is 8.93. The Morgan fingerprint density at radius 3 is 2.56 bits per heavy atom. The van der Waals surface area contributed by atoms with Crippen LogP contribution >= 0.6 is 0 Å². The molecule has 2 aromatic carbocycles. The van der Waals surface area contributed by atoms with Crippen molar-refractivity contribution in [3.05, 3.63) is 64.8 Å². The van der Waals surface area contributed by atoms with Crippen LogP contribution in [-0.4, -0.2) is 50.3 Å². The Morgan fingerprint density at radius 2 is 1.82 bits per heavy atom. The van der Waals surface area contributed by atoms with E-state index in [1.165, 1.54) is 20.0 Å². The molecule has 1 fully saturated rings. The number of fused-ring (bicyclic) bond motifs is 1. The van der Waals surface area contributed by atoms with E-state index >= 15 is 0 Å². The molecular formula is C27H33N3O4. The maximum absolute atomic E-state index is 12.8. The van der Waals surface area contributed by atoms with Gasteiger partial charge in [0.1, 0.15) is 5.75 Å². The predicted molar refractivity (Wildman–Crippen MR) is 133 cm³/mol. The minimum atomic E-state index is -0.397. The number of amides is 1. The van der Waals surface area contributed by atoms with E-state index in [1.807, 2.05) is 31.3 Å². The molecule has 0 saturated carbocycles. The Labute approximate surface area is 200 Å². The van der Waals surface area contributed by atoms with Crippen molar-refractivity contribution < 1.29 is 19.1 Å². The molecule has 34 heavy (non-hydrogen) atoms. The molecule has 0 atom stereocenters. The molecule has 0 bridgehead atoms. The third kappa shape index (κ3) is 5.25. The number of nitrogens with one attached hydrogen (secondary N) is 2. The number of rotatable bonds is 8. The smallest absolute Gasteiger partial charge is 0.337 e. The van der Waals surface area contributed by atoms with Crippen LogP contribution in [0.4, 0.5) is 0 Å². The molecule has 7 heteroatoms. The van der Waals surface area contributed by atoms with E-state index in [2.05, 4.69) is 21.4 Å². The SMILES string of the molecule is COC(=O)c1ccc(Cc2cn(C)c3ccc(C(=O)NCCC4CCNCC4)cc23)c(OC)c1. The molecule has 2 heterocycles. The Kier molecular flexibility index (Phi) is 7.53. The van der Waals surface area contributed by atoms with E-state index < -0.39 is 5.97 Å². The third-order valence-electron chi connectivity index (χ3n) is 6.72. The van der Waals surface area contributed by atoms with E-state index in [-0.39, 0.29) is 5.91 Å². The van der Waals surface area contributed by atoms with Gasteiger partial charge in [0.2, 0.25) is 0 Å². The van der Waals surface area contributed by atoms with Gasteiger partial charge in [-0.25, -0.2) is 4.79 Å². The first-order valence-electron chi connectivity index (χ1n) is 11.8. The monoisotopic (exact) mass is 463 g/mol. The fourth-order valence-corrected chi connectivity index (χ4v) is 4.76. The highest BCUT2D eigenvalue weighted by molar-refractivity contribution is 5.99. The molecule has 1 amide bonds. The van der Waals surface area contributed by atoms with E-state index in [1.54, 1.807) is 19.2 Å². The highest BCUT2D eigenvalue weighted by atomic mass is 16.5. The lowest BCUT2D eigenvalue weighted by Gasteiger charge is -2.22. The molecule has 1 aliphatic rings. The fraction of sp³-hybridized carbons (Fsp3) is 0.407. The van der Waals surface area contributed by atoms with Crippen LogP contribution in [0.3, 0.4) is 0 Å². The number of hydrogen-bond donors (Lipinski definition) is 2. The van der Waals surface area contributed by atoms with Crippen molar-refractivity contribution in [2.75, 3.05) is 33.9 Å². The molecule has 3 aromatic rings. The van der Waals surface area contributed by atoms with E-state index in [0.717, 1.165) is 41.5 Å². The van der Waals surface area contributed by atoms with Crippen molar-refractivity contribution in [3.63, 3.8) is 0 Å². The second kappa shape index (κ2) is 10.7. The van der Waals surface area contributed by atoms with Crippen molar-refractivity contribution in [3.8, 4) is 5.75 Å². The van der Waals surface area contributed by atoms with Crippen LogP contribution in [0.2, 0.25) is 0 Å². The molecule has 1 saturated heterocycles. The summed E-state index contributed by atoms with van der Waals surface area (Å²) in [6.45, 7) is 2.84. The van der Waals surface area contributed by atoms with Crippen molar-refractivity contribution in [2.24, 2.45) is 13.0 Å². The molecule has 0 spiro atoms. The third-order valence-corrected chi connectivity index (χ3v) is 6.72. The van der Waals surface area contributed by atoms with Crippen LogP contribution in [0.15, 0.2) is 42.6 Å². The Hall–Kier alpha value is -3.32. The number of benzene rings is 2. The van der Waals surface area contributed by atoms with Crippen LogP contribution in [0.1, 0.15) is 51.1 Å². The topological polar surface area (TPSA) is 81.6 Å². The lowest BCUT2D eigenvalue weighted by atomic mass is 9.95. The van der Waals surface area contributed by atoms with Gasteiger partial charge in [0.15, 0.2) is 0 Å². The van der Waals surface area contributed by atoms with Gasteiger partial charge in [-0.2, -0.15) is 0 Å². The Bertz CT molecular complexity index is 1180. The quantitative estimate of drug-likeness (QED) is 0.498. The summed E-state index contributed by atoms with van der Waals surface area (Å²) in [4.78, 5) is 24.7. The van der Waals surface area contributed by atoms with Gasteiger partial charge >= 0.3 is 5.97 Å². The normalized spacial score (nSPS) is 14.2. The number of aryl methyl sites for hydroxylation is 1. The maximum atomic E-state index is 12.8. The Morgan fingerprint density at radius 1 is 1.06 bits per heavy atom. The minimum Gasteiger partial charge on any atom is -0.496 e. The van der Waals surface area contributed by atoms with Gasteiger partial charge in [0.25, 0.3) is 5.91 Å². The summed E-state index contributed by atoms with van der Waals surface area (Å²) in [5.74, 6) is 0.883. The molecule has 0 radical (unpaired) electrons. The highest BCUT2D eigenvalue weighted by Crippen LogP contribution is 2.29. The van der Waals surface area contributed by atoms with Crippen LogP contribution in [0.5, 0.6) is 5.75 Å². The Balaban J connectivity index is 1.52. The average molecular weight is 464 g/mol. The lowest BCUT2D eigenvalue weighted by molar-refractivity contribution is 0.0600. The minimum absolute atomic E-state index is 0.0364. The molecule has 4 rings (SSSR count). The zero-order chi connectivity index (χ0) is 24.1. The maximum Gasteiger partial charge on any atom is 0.337 e. The molecule has 0 aliphatic carbocycles. The molecule has 180 valence electrons. The van der Waals surface area contributed by atoms with Gasteiger partial charge in [0, 0.05) is 42.7 Å². The first-order valence-corrected chi connectivity index (χ1v) is 11.8. The first-order chi connectivity index (χ1) is 16.5. The summed E-state index contributed by atoms with van der Waals surface area (Å²) in [6, 6.07) is 11.2. The number of piperidine rings is 1. The summed E-state index contributed by atoms with van der Waals surface area (Å²) in [5, 5.41) is 7.51. The van der Waals surface area contributed by atoms with Gasteiger partial charge in [-0.05, 0) is 79.7 Å². The number of carbonyl (C=O) groups excluding carboxylic acids is 2. The molecule has 1 aromatic heterocycles. The molecule has 0 unspecified atom stereocenters. The zero-order valence-corrected chi connectivity index (χ0v) is 20.1. The van der Waals surface area contributed by atoms with Crippen LogP contribution in [-0.2, 0) is 18.2 Å². The van der Waals surface area contributed by atoms with E-state index in [4.69, 9.17) is 9.47 Å². The summed E-state index contributed by atoms with van der Waals surface area (Å²) < 4.78 is 12.4. The summed E-state index contributed by atoms with van der Waals surface area (Å²) in [7, 11) is 4.96. The standard InChI is InChI=1S/C27H33N3O4/c1-30-17-22(14-19-4-5-21(27(32)34-3)16-25(19)33-2)23-15-20(6-7-24(23)30)26(31)29-13-10-18-8-11-28-12-9-18/h4-7,15-18,28H,8-14H2,1-3H3,(H,29,31). The molecular weight excluding hydrogens is 430 g/mol. The number of esters is 1. The van der Waals surface area contributed by atoms with Crippen molar-refractivity contribution in [1.82, 2.24) is 15.2 Å². The number of hydrogen-bond acceptors (Lipinski definition) is 5. The van der Waals surface area contributed by atoms with Gasteiger partial charge < -0.3 is 24.7 Å². The zero-order valence-electron chi connectivity index (χ0n) is 20.1. The van der Waals surface area contributed by atoms with Gasteiger partial charge in [-0.15, -0.1) is 0 Å². The second-order valence-electron chi connectivity index (χ2n) is 8.93. The highest BCUT2D eigenvalue weighted by Gasteiger charge is 2.16. The number of carbonyl (C=O) groups is 2. The average Bonchev–Trinajstić information content (AvgIpc) is 3.18. The number of ether oxygens (including phenoxy) is 2. The lowest BCUT2D eigenvalue weighted by Crippen LogP contribution is -2.31. The van der Waals surface area contributed by atoms with Crippen molar-refractivity contribution in [2.45, 2.75) is 25.7 Å². The number of nitrogens with zero attached hydrogens (tertiary/aromatic N) is 1. The number of methoxy groups -OCH3 is 2.